The summed E-state index contributed by atoms with van der Waals surface area (Å²) in [5, 5.41) is 9.89. The van der Waals surface area contributed by atoms with Gasteiger partial charge in [-0.25, -0.2) is 23.5 Å². The highest BCUT2D eigenvalue weighted by Crippen LogP contribution is 2.40. The van der Waals surface area contributed by atoms with Crippen molar-refractivity contribution < 1.29 is 8.42 Å². The zero-order valence-electron chi connectivity index (χ0n) is 14.4. The number of sulfonamides is 1. The molecule has 26 heavy (non-hydrogen) atoms. The van der Waals surface area contributed by atoms with Crippen molar-refractivity contribution in [3.05, 3.63) is 46.6 Å². The minimum atomic E-state index is -3.73. The fourth-order valence-corrected chi connectivity index (χ4v) is 5.33. The lowest BCUT2D eigenvalue weighted by Gasteiger charge is -2.19. The molecule has 1 atom stereocenters. The van der Waals surface area contributed by atoms with Crippen LogP contribution in [0.5, 0.6) is 0 Å². The minimum absolute atomic E-state index is 0.0632. The Kier molecular flexibility index (Phi) is 4.42. The normalized spacial score (nSPS) is 15.2. The number of nitrogens with zero attached hydrogens (tertiary/aromatic N) is 2. The third-order valence-electron chi connectivity index (χ3n) is 4.81. The Labute approximate surface area is 156 Å². The van der Waals surface area contributed by atoms with E-state index in [1.165, 1.54) is 22.9 Å². The van der Waals surface area contributed by atoms with E-state index in [9.17, 15) is 8.42 Å². The zero-order valence-corrected chi connectivity index (χ0v) is 16.0. The number of nitrogens with one attached hydrogen (secondary N) is 1. The zero-order chi connectivity index (χ0) is 18.3. The summed E-state index contributed by atoms with van der Waals surface area (Å²) >= 11 is 1.75. The molecule has 3 aromatic rings. The number of primary sulfonamides is 1. The largest absolute Gasteiger partial charge is 0.363 e. The molecule has 4 rings (SSSR count). The summed E-state index contributed by atoms with van der Waals surface area (Å²) in [5.41, 5.74) is 2.24. The maximum atomic E-state index is 11.7. The summed E-state index contributed by atoms with van der Waals surface area (Å²) in [7, 11) is -3.73. The van der Waals surface area contributed by atoms with Crippen LogP contribution in [-0.4, -0.2) is 18.4 Å². The monoisotopic (exact) mass is 388 g/mol. The summed E-state index contributed by atoms with van der Waals surface area (Å²) < 4.78 is 23.3. The van der Waals surface area contributed by atoms with Crippen molar-refractivity contribution in [2.75, 3.05) is 5.32 Å². The number of benzene rings is 1. The van der Waals surface area contributed by atoms with E-state index in [4.69, 9.17) is 5.14 Å². The van der Waals surface area contributed by atoms with Gasteiger partial charge in [0.15, 0.2) is 0 Å². The number of rotatable bonds is 5. The molecule has 0 aliphatic heterocycles. The molecular weight excluding hydrogens is 368 g/mol. The fourth-order valence-electron chi connectivity index (χ4n) is 3.53. The van der Waals surface area contributed by atoms with Crippen LogP contribution in [0.4, 0.5) is 5.82 Å². The molecule has 0 amide bonds. The summed E-state index contributed by atoms with van der Waals surface area (Å²) in [4.78, 5) is 11.5. The van der Waals surface area contributed by atoms with Crippen molar-refractivity contribution in [3.63, 3.8) is 0 Å². The van der Waals surface area contributed by atoms with Crippen LogP contribution in [0, 0.1) is 0 Å². The predicted octanol–water partition coefficient (Wildman–Crippen LogP) is 3.39. The third kappa shape index (κ3) is 3.08. The van der Waals surface area contributed by atoms with Gasteiger partial charge in [-0.2, -0.15) is 0 Å². The van der Waals surface area contributed by atoms with E-state index in [0.29, 0.717) is 0 Å². The Morgan fingerprint density at radius 2 is 2.15 bits per heavy atom. The van der Waals surface area contributed by atoms with Crippen LogP contribution in [0.2, 0.25) is 0 Å². The Balaban J connectivity index is 1.73. The number of hydrogen-bond donors (Lipinski definition) is 2. The van der Waals surface area contributed by atoms with Gasteiger partial charge >= 0.3 is 0 Å². The van der Waals surface area contributed by atoms with Gasteiger partial charge in [-0.3, -0.25) is 0 Å². The van der Waals surface area contributed by atoms with E-state index >= 15 is 0 Å². The van der Waals surface area contributed by atoms with Crippen molar-refractivity contribution in [2.24, 2.45) is 5.14 Å². The molecule has 1 unspecified atom stereocenters. The molecule has 136 valence electrons. The summed E-state index contributed by atoms with van der Waals surface area (Å²) in [6.07, 6.45) is 5.73. The van der Waals surface area contributed by atoms with Crippen LogP contribution in [0.1, 0.15) is 41.8 Å². The molecule has 1 aliphatic rings. The second-order valence-corrected chi connectivity index (χ2v) is 9.13. The molecule has 6 nitrogen and oxygen atoms in total. The molecule has 0 bridgehead atoms. The van der Waals surface area contributed by atoms with E-state index in [-0.39, 0.29) is 10.9 Å². The molecule has 8 heteroatoms. The van der Waals surface area contributed by atoms with E-state index in [1.54, 1.807) is 29.8 Å². The van der Waals surface area contributed by atoms with Crippen LogP contribution < -0.4 is 10.5 Å². The number of nitrogens with two attached hydrogens (primary N) is 1. The summed E-state index contributed by atoms with van der Waals surface area (Å²) in [6.45, 7) is 2.05. The molecule has 0 saturated heterocycles. The maximum Gasteiger partial charge on any atom is 0.238 e. The third-order valence-corrected chi connectivity index (χ3v) is 6.92. The predicted molar refractivity (Wildman–Crippen MR) is 104 cm³/mol. The number of aromatic nitrogens is 2. The fraction of sp³-hybridized carbons (Fsp3) is 0.333. The molecular formula is C18H20N4O2S2. The SMILES string of the molecule is CCC(Nc1ncnc2sc3c(c12)CCC3)c1cccc(S(N)(=O)=O)c1. The quantitative estimate of drug-likeness (QED) is 0.698. The van der Waals surface area contributed by atoms with E-state index in [2.05, 4.69) is 22.2 Å². The standard InChI is InChI=1S/C18H20N4O2S2/c1-2-14(11-5-3-6-12(9-11)26(19,23)24)22-17-16-13-7-4-8-15(13)25-18(16)21-10-20-17/h3,5-6,9-10,14H,2,4,7-8H2,1H3,(H2,19,23,24)(H,20,21,22). The van der Waals surface area contributed by atoms with Gasteiger partial charge in [-0.15, -0.1) is 11.3 Å². The van der Waals surface area contributed by atoms with Crippen LogP contribution in [0.15, 0.2) is 35.5 Å². The summed E-state index contributed by atoms with van der Waals surface area (Å²) in [6, 6.07) is 6.71. The smallest absolute Gasteiger partial charge is 0.238 e. The van der Waals surface area contributed by atoms with Gasteiger partial charge in [0.25, 0.3) is 0 Å². The van der Waals surface area contributed by atoms with E-state index in [0.717, 1.165) is 40.9 Å². The van der Waals surface area contributed by atoms with Crippen LogP contribution >= 0.6 is 11.3 Å². The first-order valence-electron chi connectivity index (χ1n) is 8.62. The van der Waals surface area contributed by atoms with Gasteiger partial charge in [0.2, 0.25) is 10.0 Å². The van der Waals surface area contributed by atoms with E-state index < -0.39 is 10.0 Å². The average molecular weight is 389 g/mol. The molecule has 0 spiro atoms. The van der Waals surface area contributed by atoms with Gasteiger partial charge in [0.1, 0.15) is 17.0 Å². The highest BCUT2D eigenvalue weighted by Gasteiger charge is 2.22. The molecule has 1 aromatic carbocycles. The maximum absolute atomic E-state index is 11.7. The molecule has 1 aliphatic carbocycles. The van der Waals surface area contributed by atoms with Crippen LogP contribution in [0.25, 0.3) is 10.2 Å². The van der Waals surface area contributed by atoms with Crippen LogP contribution in [0.3, 0.4) is 0 Å². The Hall–Kier alpha value is -2.03. The van der Waals surface area contributed by atoms with Crippen molar-refractivity contribution in [3.8, 4) is 0 Å². The number of hydrogen-bond acceptors (Lipinski definition) is 6. The molecule has 3 N–H and O–H groups in total. The van der Waals surface area contributed by atoms with Crippen molar-refractivity contribution in [2.45, 2.75) is 43.5 Å². The van der Waals surface area contributed by atoms with Crippen molar-refractivity contribution >= 4 is 37.4 Å². The van der Waals surface area contributed by atoms with Gasteiger partial charge in [0.05, 0.1) is 16.3 Å². The van der Waals surface area contributed by atoms with Gasteiger partial charge in [-0.1, -0.05) is 19.1 Å². The number of thiophene rings is 1. The lowest BCUT2D eigenvalue weighted by Crippen LogP contribution is -2.15. The topological polar surface area (TPSA) is 98.0 Å². The lowest BCUT2D eigenvalue weighted by atomic mass is 10.0. The van der Waals surface area contributed by atoms with Gasteiger partial charge < -0.3 is 5.32 Å². The molecule has 0 fully saturated rings. The van der Waals surface area contributed by atoms with Gasteiger partial charge in [0, 0.05) is 4.88 Å². The van der Waals surface area contributed by atoms with Crippen LogP contribution in [-0.2, 0) is 22.9 Å². The lowest BCUT2D eigenvalue weighted by molar-refractivity contribution is 0.597. The van der Waals surface area contributed by atoms with Crippen molar-refractivity contribution in [1.82, 2.24) is 9.97 Å². The number of anilines is 1. The Morgan fingerprint density at radius 3 is 2.92 bits per heavy atom. The first-order chi connectivity index (χ1) is 12.5. The Bertz CT molecular complexity index is 1080. The molecule has 0 saturated carbocycles. The minimum Gasteiger partial charge on any atom is -0.363 e. The first kappa shape index (κ1) is 17.4. The Morgan fingerprint density at radius 1 is 1.31 bits per heavy atom. The second-order valence-electron chi connectivity index (χ2n) is 6.48. The number of fused-ring (bicyclic) bond motifs is 3. The highest BCUT2D eigenvalue weighted by molar-refractivity contribution is 7.89. The average Bonchev–Trinajstić information content (AvgIpc) is 3.20. The van der Waals surface area contributed by atoms with Crippen molar-refractivity contribution in [1.29, 1.82) is 0 Å². The number of aryl methyl sites for hydroxylation is 2. The highest BCUT2D eigenvalue weighted by atomic mass is 32.2. The first-order valence-corrected chi connectivity index (χ1v) is 11.0. The summed E-state index contributed by atoms with van der Waals surface area (Å²) in [5.74, 6) is 0.822. The second kappa shape index (κ2) is 6.61. The molecule has 2 aromatic heterocycles. The van der Waals surface area contributed by atoms with Gasteiger partial charge in [-0.05, 0) is 48.9 Å². The molecule has 0 radical (unpaired) electrons. The van der Waals surface area contributed by atoms with E-state index in [1.807, 2.05) is 6.07 Å². The molecule has 2 heterocycles.